The summed E-state index contributed by atoms with van der Waals surface area (Å²) >= 11 is 5.75. The minimum Gasteiger partial charge on any atom is -0.506 e. The number of hydrogen-bond acceptors (Lipinski definition) is 4. The number of aromatic nitrogens is 2. The first-order valence-corrected chi connectivity index (χ1v) is 8.24. The fraction of sp³-hybridized carbons (Fsp3) is 0.308. The molecule has 1 heterocycles. The van der Waals surface area contributed by atoms with Crippen LogP contribution in [0.2, 0.25) is 5.02 Å². The van der Waals surface area contributed by atoms with Crippen molar-refractivity contribution in [3.05, 3.63) is 35.2 Å². The number of phenols is 1. The predicted octanol–water partition coefficient (Wildman–Crippen LogP) is 2.76. The van der Waals surface area contributed by atoms with E-state index in [0.717, 1.165) is 6.42 Å². The molecule has 0 aliphatic rings. The largest absolute Gasteiger partial charge is 0.506 e. The third-order valence-corrected chi connectivity index (χ3v) is 4.45. The molecule has 2 aromatic rings. The zero-order valence-corrected chi connectivity index (χ0v) is 13.2. The average molecular weight is 330 g/mol. The number of benzene rings is 1. The Morgan fingerprint density at radius 1 is 1.43 bits per heavy atom. The van der Waals surface area contributed by atoms with Crippen LogP contribution in [0.3, 0.4) is 0 Å². The van der Waals surface area contributed by atoms with Crippen molar-refractivity contribution in [2.45, 2.75) is 31.8 Å². The smallest absolute Gasteiger partial charge is 0.280 e. The highest BCUT2D eigenvalue weighted by molar-refractivity contribution is 7.92. The second-order valence-corrected chi connectivity index (χ2v) is 6.63. The number of sulfonamides is 1. The maximum Gasteiger partial charge on any atom is 0.280 e. The van der Waals surface area contributed by atoms with Gasteiger partial charge in [-0.05, 0) is 31.5 Å². The first kappa shape index (κ1) is 15.7. The van der Waals surface area contributed by atoms with Gasteiger partial charge in [0.05, 0.1) is 10.7 Å². The van der Waals surface area contributed by atoms with Gasteiger partial charge in [0.15, 0.2) is 5.03 Å². The molecule has 0 atom stereocenters. The van der Waals surface area contributed by atoms with Crippen LogP contribution in [-0.2, 0) is 16.6 Å². The lowest BCUT2D eigenvalue weighted by atomic mass is 10.3. The van der Waals surface area contributed by atoms with Gasteiger partial charge in [0.2, 0.25) is 0 Å². The molecule has 0 spiro atoms. The van der Waals surface area contributed by atoms with Crippen molar-refractivity contribution in [3.63, 3.8) is 0 Å². The van der Waals surface area contributed by atoms with Crippen molar-refractivity contribution in [1.29, 1.82) is 0 Å². The number of aryl methyl sites for hydroxylation is 2. The Kier molecular flexibility index (Phi) is 4.43. The minimum absolute atomic E-state index is 0.0438. The fourth-order valence-electron chi connectivity index (χ4n) is 1.85. The number of nitrogens with zero attached hydrogens (tertiary/aromatic N) is 2. The molecule has 1 aromatic carbocycles. The van der Waals surface area contributed by atoms with Crippen molar-refractivity contribution < 1.29 is 13.5 Å². The van der Waals surface area contributed by atoms with Gasteiger partial charge in [0.25, 0.3) is 10.0 Å². The number of phenolic OH excluding ortho intramolecular Hbond substituents is 1. The second kappa shape index (κ2) is 5.95. The van der Waals surface area contributed by atoms with Gasteiger partial charge in [-0.3, -0.25) is 4.72 Å². The summed E-state index contributed by atoms with van der Waals surface area (Å²) in [6.07, 6.45) is 2.39. The van der Waals surface area contributed by atoms with E-state index in [9.17, 15) is 13.5 Å². The summed E-state index contributed by atoms with van der Waals surface area (Å²) in [5.41, 5.74) is 0.264. The molecule has 2 rings (SSSR count). The molecule has 0 aliphatic carbocycles. The monoisotopic (exact) mass is 329 g/mol. The lowest BCUT2D eigenvalue weighted by molar-refractivity contribution is 0.475. The van der Waals surface area contributed by atoms with Gasteiger partial charge >= 0.3 is 0 Å². The molecular formula is C13H16ClN3O3S. The van der Waals surface area contributed by atoms with Crippen LogP contribution >= 0.6 is 11.6 Å². The molecule has 0 saturated carbocycles. The molecule has 6 nitrogen and oxygen atoms in total. The van der Waals surface area contributed by atoms with Gasteiger partial charge in [-0.25, -0.2) is 4.98 Å². The summed E-state index contributed by atoms with van der Waals surface area (Å²) in [5.74, 6) is 0.531. The van der Waals surface area contributed by atoms with Crippen LogP contribution in [0, 0.1) is 6.92 Å². The highest BCUT2D eigenvalue weighted by Crippen LogP contribution is 2.27. The van der Waals surface area contributed by atoms with Gasteiger partial charge in [0, 0.05) is 12.7 Å². The van der Waals surface area contributed by atoms with Crippen LogP contribution in [0.4, 0.5) is 5.69 Å². The van der Waals surface area contributed by atoms with Crippen molar-refractivity contribution >= 4 is 27.3 Å². The standard InChI is InChI=1S/C13H16ClN3O3S/c1-3-6-17-8-13(15-9(17)2)21(19,20)16-10-4-5-12(18)11(14)7-10/h4-5,7-8,16,18H,3,6H2,1-2H3. The van der Waals surface area contributed by atoms with E-state index in [1.807, 2.05) is 6.92 Å². The summed E-state index contributed by atoms with van der Waals surface area (Å²) in [6.45, 7) is 4.47. The second-order valence-electron chi connectivity index (χ2n) is 4.59. The van der Waals surface area contributed by atoms with E-state index in [4.69, 9.17) is 11.6 Å². The number of anilines is 1. The quantitative estimate of drug-likeness (QED) is 0.826. The maximum atomic E-state index is 12.3. The van der Waals surface area contributed by atoms with Gasteiger partial charge in [-0.2, -0.15) is 8.42 Å². The van der Waals surface area contributed by atoms with E-state index in [-0.39, 0.29) is 21.5 Å². The van der Waals surface area contributed by atoms with Gasteiger partial charge in [0.1, 0.15) is 11.6 Å². The topological polar surface area (TPSA) is 84.2 Å². The molecule has 0 aliphatic heterocycles. The molecule has 0 saturated heterocycles. The van der Waals surface area contributed by atoms with Crippen LogP contribution in [-0.4, -0.2) is 23.1 Å². The van der Waals surface area contributed by atoms with Crippen molar-refractivity contribution in [2.24, 2.45) is 0 Å². The Bertz CT molecular complexity index is 756. The molecular weight excluding hydrogens is 314 g/mol. The molecule has 0 bridgehead atoms. The SMILES string of the molecule is CCCn1cc(S(=O)(=O)Nc2ccc(O)c(Cl)c2)nc1C. The van der Waals surface area contributed by atoms with Crippen molar-refractivity contribution in [3.8, 4) is 5.75 Å². The third kappa shape index (κ3) is 3.48. The molecule has 21 heavy (non-hydrogen) atoms. The number of nitrogens with one attached hydrogen (secondary N) is 1. The van der Waals surface area contributed by atoms with Crippen LogP contribution in [0.15, 0.2) is 29.4 Å². The van der Waals surface area contributed by atoms with Gasteiger partial charge in [-0.1, -0.05) is 18.5 Å². The highest BCUT2D eigenvalue weighted by Gasteiger charge is 2.19. The van der Waals surface area contributed by atoms with Crippen molar-refractivity contribution in [2.75, 3.05) is 4.72 Å². The number of rotatable bonds is 5. The lowest BCUT2D eigenvalue weighted by Gasteiger charge is -2.06. The Hall–Kier alpha value is -1.73. The molecule has 1 aromatic heterocycles. The Balaban J connectivity index is 2.29. The number of hydrogen-bond donors (Lipinski definition) is 2. The van der Waals surface area contributed by atoms with Gasteiger partial charge < -0.3 is 9.67 Å². The van der Waals surface area contributed by atoms with Crippen LogP contribution in [0.5, 0.6) is 5.75 Å². The molecule has 0 amide bonds. The van der Waals surface area contributed by atoms with Crippen molar-refractivity contribution in [1.82, 2.24) is 9.55 Å². The molecule has 0 fully saturated rings. The van der Waals surface area contributed by atoms with E-state index in [0.29, 0.717) is 12.4 Å². The van der Waals surface area contributed by atoms with Crippen LogP contribution in [0.1, 0.15) is 19.2 Å². The van der Waals surface area contributed by atoms with E-state index >= 15 is 0 Å². The maximum absolute atomic E-state index is 12.3. The summed E-state index contributed by atoms with van der Waals surface area (Å²) in [4.78, 5) is 4.07. The van der Waals surface area contributed by atoms with Crippen LogP contribution < -0.4 is 4.72 Å². The van der Waals surface area contributed by atoms with E-state index < -0.39 is 10.0 Å². The first-order chi connectivity index (χ1) is 9.83. The normalized spacial score (nSPS) is 11.6. The number of aromatic hydroxyl groups is 1. The molecule has 114 valence electrons. The van der Waals surface area contributed by atoms with Crippen LogP contribution in [0.25, 0.3) is 0 Å². The number of halogens is 1. The molecule has 8 heteroatoms. The Labute approximate surface area is 128 Å². The Morgan fingerprint density at radius 3 is 2.76 bits per heavy atom. The van der Waals surface area contributed by atoms with E-state index in [1.54, 1.807) is 11.5 Å². The highest BCUT2D eigenvalue weighted by atomic mass is 35.5. The fourth-order valence-corrected chi connectivity index (χ4v) is 3.09. The minimum atomic E-state index is -3.79. The van der Waals surface area contributed by atoms with Gasteiger partial charge in [-0.15, -0.1) is 0 Å². The average Bonchev–Trinajstić information content (AvgIpc) is 2.77. The number of imidazole rings is 1. The third-order valence-electron chi connectivity index (χ3n) is 2.89. The summed E-state index contributed by atoms with van der Waals surface area (Å²) in [6, 6.07) is 4.08. The summed E-state index contributed by atoms with van der Waals surface area (Å²) in [5, 5.41) is 9.36. The van der Waals surface area contributed by atoms with E-state index in [2.05, 4.69) is 9.71 Å². The zero-order valence-electron chi connectivity index (χ0n) is 11.7. The summed E-state index contributed by atoms with van der Waals surface area (Å²) in [7, 11) is -3.79. The predicted molar refractivity (Wildman–Crippen MR) is 81.2 cm³/mol. The summed E-state index contributed by atoms with van der Waals surface area (Å²) < 4.78 is 28.7. The molecule has 0 radical (unpaired) electrons. The zero-order chi connectivity index (χ0) is 15.6. The molecule has 2 N–H and O–H groups in total. The molecule has 0 unspecified atom stereocenters. The lowest BCUT2D eigenvalue weighted by Crippen LogP contribution is -2.13. The Morgan fingerprint density at radius 2 is 2.14 bits per heavy atom. The first-order valence-electron chi connectivity index (χ1n) is 6.38. The van der Waals surface area contributed by atoms with E-state index in [1.165, 1.54) is 24.4 Å².